The van der Waals surface area contributed by atoms with E-state index in [2.05, 4.69) is 21.2 Å². The lowest BCUT2D eigenvalue weighted by atomic mass is 10.1. The maximum absolute atomic E-state index is 12.3. The van der Waals surface area contributed by atoms with Crippen molar-refractivity contribution < 1.29 is 18.9 Å². The Balaban J connectivity index is 2.87. The minimum absolute atomic E-state index is 0.0315. The van der Waals surface area contributed by atoms with Crippen LogP contribution in [0.4, 0.5) is 0 Å². The fraction of sp³-hybridized carbons (Fsp3) is 0.429. The SMILES string of the molecule is CC(C)C(C)NC(=O)CS(=O)c1cc(Br)ccc1C(=O)O. The highest BCUT2D eigenvalue weighted by Crippen LogP contribution is 2.20. The number of benzene rings is 1. The number of hydrogen-bond acceptors (Lipinski definition) is 3. The number of nitrogens with one attached hydrogen (secondary N) is 1. The maximum Gasteiger partial charge on any atom is 0.336 e. The van der Waals surface area contributed by atoms with Gasteiger partial charge in [-0.05, 0) is 31.0 Å². The molecule has 2 N–H and O–H groups in total. The minimum atomic E-state index is -1.71. The third-order valence-corrected chi connectivity index (χ3v) is 4.92. The fourth-order valence-electron chi connectivity index (χ4n) is 1.52. The summed E-state index contributed by atoms with van der Waals surface area (Å²) < 4.78 is 12.9. The molecule has 1 amide bonds. The molecule has 0 saturated heterocycles. The van der Waals surface area contributed by atoms with E-state index < -0.39 is 16.8 Å². The predicted molar refractivity (Wildman–Crippen MR) is 84.8 cm³/mol. The zero-order chi connectivity index (χ0) is 16.2. The second kappa shape index (κ2) is 7.70. The topological polar surface area (TPSA) is 83.5 Å². The Morgan fingerprint density at radius 2 is 1.95 bits per heavy atom. The third kappa shape index (κ3) is 5.24. The summed E-state index contributed by atoms with van der Waals surface area (Å²) in [6.07, 6.45) is 0. The van der Waals surface area contributed by atoms with Gasteiger partial charge in [0, 0.05) is 10.5 Å². The van der Waals surface area contributed by atoms with Crippen molar-refractivity contribution in [3.8, 4) is 0 Å². The van der Waals surface area contributed by atoms with Crippen molar-refractivity contribution >= 4 is 38.6 Å². The number of carbonyl (C=O) groups excluding carboxylic acids is 1. The molecular formula is C14H18BrNO4S. The van der Waals surface area contributed by atoms with E-state index in [9.17, 15) is 13.8 Å². The van der Waals surface area contributed by atoms with Crippen molar-refractivity contribution in [3.63, 3.8) is 0 Å². The summed E-state index contributed by atoms with van der Waals surface area (Å²) in [7, 11) is -1.71. The van der Waals surface area contributed by atoms with Crippen molar-refractivity contribution in [1.82, 2.24) is 5.32 Å². The molecule has 2 atom stereocenters. The van der Waals surface area contributed by atoms with E-state index >= 15 is 0 Å². The molecule has 21 heavy (non-hydrogen) atoms. The molecule has 1 aromatic carbocycles. The Morgan fingerprint density at radius 3 is 2.48 bits per heavy atom. The molecule has 0 radical (unpaired) electrons. The third-order valence-electron chi connectivity index (χ3n) is 3.07. The number of halogens is 1. The van der Waals surface area contributed by atoms with Gasteiger partial charge in [-0.15, -0.1) is 0 Å². The lowest BCUT2D eigenvalue weighted by molar-refractivity contribution is -0.119. The summed E-state index contributed by atoms with van der Waals surface area (Å²) in [5.74, 6) is -1.51. The number of hydrogen-bond donors (Lipinski definition) is 2. The van der Waals surface area contributed by atoms with Crippen LogP contribution in [0.15, 0.2) is 27.6 Å². The second-order valence-corrected chi connectivity index (χ2v) is 7.37. The van der Waals surface area contributed by atoms with Crippen molar-refractivity contribution in [2.75, 3.05) is 5.75 Å². The summed E-state index contributed by atoms with van der Waals surface area (Å²) in [5, 5.41) is 11.9. The van der Waals surface area contributed by atoms with Crippen LogP contribution in [0.5, 0.6) is 0 Å². The molecule has 0 aliphatic carbocycles. The van der Waals surface area contributed by atoms with Crippen LogP contribution in [-0.2, 0) is 15.6 Å². The van der Waals surface area contributed by atoms with Crippen LogP contribution in [0, 0.1) is 5.92 Å². The normalized spacial score (nSPS) is 13.8. The number of aromatic carboxylic acids is 1. The molecule has 116 valence electrons. The molecule has 2 unspecified atom stereocenters. The summed E-state index contributed by atoms with van der Waals surface area (Å²) in [4.78, 5) is 23.1. The maximum atomic E-state index is 12.3. The number of carbonyl (C=O) groups is 2. The van der Waals surface area contributed by atoms with Gasteiger partial charge in [0.25, 0.3) is 0 Å². The van der Waals surface area contributed by atoms with Gasteiger partial charge in [0.05, 0.1) is 21.3 Å². The number of rotatable bonds is 6. The van der Waals surface area contributed by atoms with Gasteiger partial charge in [0.2, 0.25) is 5.91 Å². The Morgan fingerprint density at radius 1 is 1.33 bits per heavy atom. The Labute approximate surface area is 134 Å². The number of amides is 1. The van der Waals surface area contributed by atoms with E-state index in [-0.39, 0.29) is 34.1 Å². The van der Waals surface area contributed by atoms with Crippen molar-refractivity contribution in [2.24, 2.45) is 5.92 Å². The summed E-state index contributed by atoms with van der Waals surface area (Å²) >= 11 is 3.21. The quantitative estimate of drug-likeness (QED) is 0.799. The highest BCUT2D eigenvalue weighted by atomic mass is 79.9. The largest absolute Gasteiger partial charge is 0.478 e. The molecule has 7 heteroatoms. The van der Waals surface area contributed by atoms with Crippen molar-refractivity contribution in [2.45, 2.75) is 31.7 Å². The van der Waals surface area contributed by atoms with E-state index in [0.717, 1.165) is 0 Å². The molecule has 0 heterocycles. The molecule has 0 spiro atoms. The first-order valence-corrected chi connectivity index (χ1v) is 8.54. The first kappa shape index (κ1) is 17.8. The predicted octanol–water partition coefficient (Wildman–Crippen LogP) is 2.42. The molecule has 1 aromatic rings. The zero-order valence-corrected chi connectivity index (χ0v) is 14.5. The van der Waals surface area contributed by atoms with Gasteiger partial charge in [-0.2, -0.15) is 0 Å². The molecule has 5 nitrogen and oxygen atoms in total. The van der Waals surface area contributed by atoms with Crippen LogP contribution < -0.4 is 5.32 Å². The summed E-state index contributed by atoms with van der Waals surface area (Å²) in [5.41, 5.74) is -0.0544. The molecule has 0 aliphatic rings. The summed E-state index contributed by atoms with van der Waals surface area (Å²) in [6, 6.07) is 4.37. The van der Waals surface area contributed by atoms with E-state index in [1.54, 1.807) is 6.07 Å². The van der Waals surface area contributed by atoms with Crippen LogP contribution in [0.1, 0.15) is 31.1 Å². The van der Waals surface area contributed by atoms with Crippen LogP contribution in [0.2, 0.25) is 0 Å². The zero-order valence-electron chi connectivity index (χ0n) is 12.1. The van der Waals surface area contributed by atoms with Gasteiger partial charge in [0.1, 0.15) is 5.75 Å². The van der Waals surface area contributed by atoms with E-state index in [4.69, 9.17) is 5.11 Å². The molecule has 0 bridgehead atoms. The van der Waals surface area contributed by atoms with Gasteiger partial charge in [-0.3, -0.25) is 9.00 Å². The lowest BCUT2D eigenvalue weighted by Crippen LogP contribution is -2.38. The molecular weight excluding hydrogens is 358 g/mol. The average Bonchev–Trinajstić information content (AvgIpc) is 2.37. The van der Waals surface area contributed by atoms with E-state index in [0.29, 0.717) is 4.47 Å². The highest BCUT2D eigenvalue weighted by molar-refractivity contribution is 9.10. The smallest absolute Gasteiger partial charge is 0.336 e. The standard InChI is InChI=1S/C14H18BrNO4S/c1-8(2)9(3)16-13(17)7-21(20)12-6-10(15)4-5-11(12)14(18)19/h4-6,8-9H,7H2,1-3H3,(H,16,17)(H,18,19). The van der Waals surface area contributed by atoms with Gasteiger partial charge in [0.15, 0.2) is 0 Å². The van der Waals surface area contributed by atoms with Crippen LogP contribution in [0.25, 0.3) is 0 Å². The summed E-state index contributed by atoms with van der Waals surface area (Å²) in [6.45, 7) is 5.81. The average molecular weight is 376 g/mol. The number of carboxylic acid groups (broad SMARTS) is 1. The Kier molecular flexibility index (Phi) is 6.54. The number of carboxylic acids is 1. The molecule has 0 aliphatic heterocycles. The molecule has 0 aromatic heterocycles. The van der Waals surface area contributed by atoms with Gasteiger partial charge in [-0.25, -0.2) is 4.79 Å². The molecule has 0 fully saturated rings. The van der Waals surface area contributed by atoms with Crippen molar-refractivity contribution in [3.05, 3.63) is 28.2 Å². The van der Waals surface area contributed by atoms with E-state index in [1.807, 2.05) is 20.8 Å². The van der Waals surface area contributed by atoms with Gasteiger partial charge < -0.3 is 10.4 Å². The minimum Gasteiger partial charge on any atom is -0.478 e. The van der Waals surface area contributed by atoms with E-state index in [1.165, 1.54) is 12.1 Å². The van der Waals surface area contributed by atoms with Crippen LogP contribution in [0.3, 0.4) is 0 Å². The van der Waals surface area contributed by atoms with Crippen LogP contribution in [-0.4, -0.2) is 33.0 Å². The van der Waals surface area contributed by atoms with Gasteiger partial charge >= 0.3 is 5.97 Å². The Bertz CT molecular complexity index is 574. The van der Waals surface area contributed by atoms with Gasteiger partial charge in [-0.1, -0.05) is 29.8 Å². The fourth-order valence-corrected chi connectivity index (χ4v) is 3.17. The highest BCUT2D eigenvalue weighted by Gasteiger charge is 2.19. The monoisotopic (exact) mass is 375 g/mol. The lowest BCUT2D eigenvalue weighted by Gasteiger charge is -2.17. The molecule has 1 rings (SSSR count). The first-order valence-electron chi connectivity index (χ1n) is 6.43. The van der Waals surface area contributed by atoms with Crippen molar-refractivity contribution in [1.29, 1.82) is 0 Å². The van der Waals surface area contributed by atoms with Crippen LogP contribution >= 0.6 is 15.9 Å². The first-order chi connectivity index (χ1) is 9.72. The second-order valence-electron chi connectivity index (χ2n) is 5.04. The molecule has 0 saturated carbocycles. The Hall–Kier alpha value is -1.21.